The number of carbonyl (C=O) groups is 1. The van der Waals surface area contributed by atoms with E-state index in [0.717, 1.165) is 48.1 Å². The van der Waals surface area contributed by atoms with Crippen molar-refractivity contribution in [1.82, 2.24) is 5.32 Å². The average Bonchev–Trinajstić information content (AvgIpc) is 2.59. The summed E-state index contributed by atoms with van der Waals surface area (Å²) in [5, 5.41) is 3.38. The number of nitrogens with one attached hydrogen (secondary N) is 1. The van der Waals surface area contributed by atoms with Gasteiger partial charge >= 0.3 is 0 Å². The van der Waals surface area contributed by atoms with Gasteiger partial charge in [-0.2, -0.15) is 0 Å². The molecule has 1 atom stereocenters. The van der Waals surface area contributed by atoms with Crippen LogP contribution in [0.15, 0.2) is 18.2 Å². The van der Waals surface area contributed by atoms with Crippen molar-refractivity contribution in [2.45, 2.75) is 77.3 Å². The number of rotatable bonds is 6. The van der Waals surface area contributed by atoms with Crippen LogP contribution in [-0.2, 0) is 14.8 Å². The van der Waals surface area contributed by atoms with Gasteiger partial charge in [0.1, 0.15) is 6.04 Å². The van der Waals surface area contributed by atoms with Gasteiger partial charge in [-0.3, -0.25) is 9.10 Å². The van der Waals surface area contributed by atoms with Crippen LogP contribution in [0.4, 0.5) is 5.69 Å². The van der Waals surface area contributed by atoms with Gasteiger partial charge in [-0.25, -0.2) is 8.42 Å². The number of benzene rings is 1. The molecule has 5 rings (SSSR count). The molecular formula is C23H34N2O3S. The molecule has 4 saturated carbocycles. The molecule has 5 nitrogen and oxygen atoms in total. The van der Waals surface area contributed by atoms with Crippen molar-refractivity contribution in [3.05, 3.63) is 29.3 Å². The average molecular weight is 419 g/mol. The predicted octanol–water partition coefficient (Wildman–Crippen LogP) is 3.93. The molecule has 4 bridgehead atoms. The second-order valence-electron chi connectivity index (χ2n) is 9.94. The summed E-state index contributed by atoms with van der Waals surface area (Å²) in [6.07, 6.45) is 8.75. The number of hydrogen-bond donors (Lipinski definition) is 1. The summed E-state index contributed by atoms with van der Waals surface area (Å²) in [6, 6.07) is 4.88. The van der Waals surface area contributed by atoms with Gasteiger partial charge < -0.3 is 5.32 Å². The Morgan fingerprint density at radius 3 is 2.10 bits per heavy atom. The third kappa shape index (κ3) is 3.92. The van der Waals surface area contributed by atoms with E-state index in [2.05, 4.69) is 5.32 Å². The van der Waals surface area contributed by atoms with E-state index >= 15 is 0 Å². The maximum Gasteiger partial charge on any atom is 0.244 e. The molecule has 4 fully saturated rings. The molecule has 1 amide bonds. The highest BCUT2D eigenvalue weighted by Crippen LogP contribution is 2.55. The third-order valence-electron chi connectivity index (χ3n) is 7.50. The van der Waals surface area contributed by atoms with E-state index in [9.17, 15) is 13.2 Å². The Hall–Kier alpha value is -1.56. The summed E-state index contributed by atoms with van der Waals surface area (Å²) in [4.78, 5) is 13.5. The second kappa shape index (κ2) is 7.29. The standard InChI is InChI=1S/C23H34N2O3S/c1-5-21(25(29(4,27)28)20-7-6-15(2)16(3)8-20)22(26)24-23-12-17-9-18(13-23)11-19(10-17)14-23/h6-8,17-19,21H,5,9-14H2,1-4H3,(H,24,26)/t17?,18?,19?,21-,23?/m0/s1. The molecule has 0 aliphatic heterocycles. The lowest BCUT2D eigenvalue weighted by Crippen LogP contribution is -2.63. The largest absolute Gasteiger partial charge is 0.349 e. The molecule has 4 aliphatic rings. The number of hydrogen-bond acceptors (Lipinski definition) is 3. The van der Waals surface area contributed by atoms with E-state index in [1.165, 1.54) is 29.8 Å². The lowest BCUT2D eigenvalue weighted by molar-refractivity contribution is -0.128. The molecule has 29 heavy (non-hydrogen) atoms. The lowest BCUT2D eigenvalue weighted by atomic mass is 9.53. The number of aryl methyl sites for hydroxylation is 2. The number of carbonyl (C=O) groups excluding carboxylic acids is 1. The van der Waals surface area contributed by atoms with Crippen LogP contribution in [0.3, 0.4) is 0 Å². The van der Waals surface area contributed by atoms with E-state index in [1.54, 1.807) is 0 Å². The monoisotopic (exact) mass is 418 g/mol. The van der Waals surface area contributed by atoms with E-state index in [0.29, 0.717) is 12.1 Å². The maximum absolute atomic E-state index is 13.5. The van der Waals surface area contributed by atoms with Gasteiger partial charge in [0.05, 0.1) is 11.9 Å². The molecule has 1 aromatic rings. The van der Waals surface area contributed by atoms with Crippen molar-refractivity contribution in [3.63, 3.8) is 0 Å². The van der Waals surface area contributed by atoms with Crippen LogP contribution in [0.2, 0.25) is 0 Å². The minimum atomic E-state index is -3.60. The van der Waals surface area contributed by atoms with E-state index in [4.69, 9.17) is 0 Å². The molecule has 0 spiro atoms. The molecule has 0 unspecified atom stereocenters. The van der Waals surface area contributed by atoms with E-state index < -0.39 is 16.1 Å². The van der Waals surface area contributed by atoms with Crippen LogP contribution in [0, 0.1) is 31.6 Å². The first-order valence-electron chi connectivity index (χ1n) is 11.0. The van der Waals surface area contributed by atoms with Crippen LogP contribution in [-0.4, -0.2) is 32.2 Å². The van der Waals surface area contributed by atoms with Crippen LogP contribution in [0.25, 0.3) is 0 Å². The molecule has 160 valence electrons. The molecule has 4 aliphatic carbocycles. The van der Waals surface area contributed by atoms with E-state index in [1.807, 2.05) is 39.0 Å². The van der Waals surface area contributed by atoms with Crippen molar-refractivity contribution in [3.8, 4) is 0 Å². The quantitative estimate of drug-likeness (QED) is 0.761. The SMILES string of the molecule is CC[C@@H](C(=O)NC12CC3CC(CC(C3)C1)C2)N(c1ccc(C)c(C)c1)S(C)(=O)=O. The molecule has 0 aromatic heterocycles. The molecule has 1 aromatic carbocycles. The Bertz CT molecular complexity index is 873. The van der Waals surface area contributed by atoms with Crippen molar-refractivity contribution in [1.29, 1.82) is 0 Å². The van der Waals surface area contributed by atoms with Crippen molar-refractivity contribution < 1.29 is 13.2 Å². The summed E-state index contributed by atoms with van der Waals surface area (Å²) < 4.78 is 26.8. The van der Waals surface area contributed by atoms with Crippen LogP contribution in [0.1, 0.15) is 63.0 Å². The first-order valence-corrected chi connectivity index (χ1v) is 12.8. The fourth-order valence-corrected chi connectivity index (χ4v) is 7.73. The minimum Gasteiger partial charge on any atom is -0.349 e. The highest BCUT2D eigenvalue weighted by atomic mass is 32.2. The molecule has 0 heterocycles. The summed E-state index contributed by atoms with van der Waals surface area (Å²) in [6.45, 7) is 5.86. The molecule has 6 heteroatoms. The Balaban J connectivity index is 1.61. The lowest BCUT2D eigenvalue weighted by Gasteiger charge is -2.57. The maximum atomic E-state index is 13.5. The zero-order chi connectivity index (χ0) is 21.0. The number of anilines is 1. The molecule has 1 N–H and O–H groups in total. The topological polar surface area (TPSA) is 66.5 Å². The summed E-state index contributed by atoms with van der Waals surface area (Å²) >= 11 is 0. The van der Waals surface area contributed by atoms with Gasteiger partial charge in [0.25, 0.3) is 0 Å². The Morgan fingerprint density at radius 2 is 1.66 bits per heavy atom. The van der Waals surface area contributed by atoms with Gasteiger partial charge in [-0.15, -0.1) is 0 Å². The van der Waals surface area contributed by atoms with Crippen molar-refractivity contribution >= 4 is 21.6 Å². The first kappa shape index (κ1) is 20.7. The zero-order valence-corrected chi connectivity index (χ0v) is 18.9. The molecule has 0 radical (unpaired) electrons. The Morgan fingerprint density at radius 1 is 1.10 bits per heavy atom. The molecular weight excluding hydrogens is 384 g/mol. The highest BCUT2D eigenvalue weighted by Gasteiger charge is 2.52. The van der Waals surface area contributed by atoms with Crippen molar-refractivity contribution in [2.24, 2.45) is 17.8 Å². The zero-order valence-electron chi connectivity index (χ0n) is 18.1. The third-order valence-corrected chi connectivity index (χ3v) is 8.68. The van der Waals surface area contributed by atoms with Gasteiger partial charge in [0.2, 0.25) is 15.9 Å². The Labute approximate surface area is 175 Å². The van der Waals surface area contributed by atoms with Gasteiger partial charge in [-0.1, -0.05) is 13.0 Å². The summed E-state index contributed by atoms with van der Waals surface area (Å²) in [5.41, 5.74) is 2.58. The normalized spacial score (nSPS) is 31.5. The van der Waals surface area contributed by atoms with Crippen LogP contribution in [0.5, 0.6) is 0 Å². The summed E-state index contributed by atoms with van der Waals surface area (Å²) in [5.74, 6) is 2.05. The van der Waals surface area contributed by atoms with Gasteiger partial charge in [0.15, 0.2) is 0 Å². The minimum absolute atomic E-state index is 0.119. The molecule has 0 saturated heterocycles. The number of nitrogens with zero attached hydrogens (tertiary/aromatic N) is 1. The Kier molecular flexibility index (Phi) is 5.21. The summed E-state index contributed by atoms with van der Waals surface area (Å²) in [7, 11) is -3.60. The highest BCUT2D eigenvalue weighted by molar-refractivity contribution is 7.92. The fraction of sp³-hybridized carbons (Fsp3) is 0.696. The fourth-order valence-electron chi connectivity index (χ4n) is 6.53. The number of amides is 1. The number of sulfonamides is 1. The van der Waals surface area contributed by atoms with Crippen LogP contribution >= 0.6 is 0 Å². The predicted molar refractivity (Wildman–Crippen MR) is 116 cm³/mol. The van der Waals surface area contributed by atoms with Gasteiger partial charge in [0, 0.05) is 5.54 Å². The van der Waals surface area contributed by atoms with Crippen molar-refractivity contribution in [2.75, 3.05) is 10.6 Å². The smallest absolute Gasteiger partial charge is 0.244 e. The van der Waals surface area contributed by atoms with Gasteiger partial charge in [-0.05, 0) is 99.8 Å². The second-order valence-corrected chi connectivity index (χ2v) is 11.8. The first-order chi connectivity index (χ1) is 13.6. The van der Waals surface area contributed by atoms with E-state index in [-0.39, 0.29) is 11.4 Å². The van der Waals surface area contributed by atoms with Crippen LogP contribution < -0.4 is 9.62 Å².